The smallest absolute Gasteiger partial charge is 0.182 e. The summed E-state index contributed by atoms with van der Waals surface area (Å²) >= 11 is 1.68. The van der Waals surface area contributed by atoms with Gasteiger partial charge in [-0.25, -0.2) is 4.98 Å². The second-order valence-corrected chi connectivity index (χ2v) is 4.51. The van der Waals surface area contributed by atoms with E-state index in [1.54, 1.807) is 11.3 Å². The number of rotatable bonds is 7. The van der Waals surface area contributed by atoms with Gasteiger partial charge in [-0.2, -0.15) is 0 Å². The molecule has 0 atom stereocenters. The molecule has 4 heteroatoms. The van der Waals surface area contributed by atoms with Crippen molar-refractivity contribution in [3.05, 3.63) is 11.1 Å². The van der Waals surface area contributed by atoms with Crippen LogP contribution in [0.15, 0.2) is 5.38 Å². The Morgan fingerprint density at radius 3 is 2.73 bits per heavy atom. The number of hydrogen-bond donors (Lipinski definition) is 1. The summed E-state index contributed by atoms with van der Waals surface area (Å²) in [6.45, 7) is 10.9. The maximum Gasteiger partial charge on any atom is 0.182 e. The molecule has 1 rings (SSSR count). The van der Waals surface area contributed by atoms with Gasteiger partial charge in [0.05, 0.1) is 5.69 Å². The van der Waals surface area contributed by atoms with Crippen LogP contribution in [-0.4, -0.2) is 36.1 Å². The number of nitrogens with zero attached hydrogens (tertiary/aromatic N) is 2. The fourth-order valence-corrected chi connectivity index (χ4v) is 2.22. The van der Waals surface area contributed by atoms with E-state index in [0.717, 1.165) is 30.5 Å². The van der Waals surface area contributed by atoms with E-state index in [9.17, 15) is 0 Å². The fraction of sp³-hybridized carbons (Fsp3) is 0.727. The zero-order chi connectivity index (χ0) is 11.1. The molecule has 1 aromatic rings. The minimum Gasteiger partial charge on any atom is -0.360 e. The topological polar surface area (TPSA) is 28.2 Å². The molecule has 0 aliphatic carbocycles. The van der Waals surface area contributed by atoms with Crippen LogP contribution in [0.1, 0.15) is 26.0 Å². The van der Waals surface area contributed by atoms with E-state index in [1.165, 1.54) is 13.0 Å². The number of hydrogen-bond acceptors (Lipinski definition) is 4. The summed E-state index contributed by atoms with van der Waals surface area (Å²) in [5, 5.41) is 6.47. The van der Waals surface area contributed by atoms with Crippen molar-refractivity contribution < 1.29 is 0 Å². The van der Waals surface area contributed by atoms with Crippen LogP contribution in [0.25, 0.3) is 0 Å². The predicted molar refractivity (Wildman–Crippen MR) is 67.7 cm³/mol. The largest absolute Gasteiger partial charge is 0.360 e. The van der Waals surface area contributed by atoms with Crippen molar-refractivity contribution in [2.24, 2.45) is 0 Å². The van der Waals surface area contributed by atoms with Crippen LogP contribution in [0, 0.1) is 6.92 Å². The highest BCUT2D eigenvalue weighted by Crippen LogP contribution is 2.13. The number of anilines is 1. The van der Waals surface area contributed by atoms with Crippen molar-refractivity contribution in [1.29, 1.82) is 0 Å². The van der Waals surface area contributed by atoms with Crippen LogP contribution in [0.4, 0.5) is 5.13 Å². The van der Waals surface area contributed by atoms with E-state index in [4.69, 9.17) is 0 Å². The first-order valence-electron chi connectivity index (χ1n) is 5.64. The minimum atomic E-state index is 0.987. The van der Waals surface area contributed by atoms with E-state index in [1.807, 2.05) is 6.92 Å². The van der Waals surface area contributed by atoms with Crippen LogP contribution < -0.4 is 5.32 Å². The molecule has 0 radical (unpaired) electrons. The lowest BCUT2D eigenvalue weighted by Gasteiger charge is -2.19. The summed E-state index contributed by atoms with van der Waals surface area (Å²) in [5.41, 5.74) is 1.10. The van der Waals surface area contributed by atoms with Crippen LogP contribution in [0.3, 0.4) is 0 Å². The first-order valence-corrected chi connectivity index (χ1v) is 6.52. The third-order valence-electron chi connectivity index (χ3n) is 2.31. The van der Waals surface area contributed by atoms with Crippen molar-refractivity contribution >= 4 is 16.5 Å². The van der Waals surface area contributed by atoms with Gasteiger partial charge >= 0.3 is 0 Å². The summed E-state index contributed by atoms with van der Waals surface area (Å²) in [6, 6.07) is 0. The zero-order valence-corrected chi connectivity index (χ0v) is 10.7. The molecule has 1 heterocycles. The molecule has 0 spiro atoms. The maximum atomic E-state index is 4.37. The van der Waals surface area contributed by atoms with Gasteiger partial charge in [0.1, 0.15) is 0 Å². The normalized spacial score (nSPS) is 10.9. The van der Waals surface area contributed by atoms with E-state index < -0.39 is 0 Å². The third-order valence-corrected chi connectivity index (χ3v) is 3.23. The molecule has 0 aliphatic rings. The summed E-state index contributed by atoms with van der Waals surface area (Å²) < 4.78 is 0. The van der Waals surface area contributed by atoms with E-state index in [0.29, 0.717) is 0 Å². The predicted octanol–water partition coefficient (Wildman–Crippen LogP) is 2.60. The summed E-state index contributed by atoms with van der Waals surface area (Å²) in [5.74, 6) is 0. The summed E-state index contributed by atoms with van der Waals surface area (Å²) in [7, 11) is 0. The number of likely N-dealkylation sites (N-methyl/N-ethyl adjacent to an activating group) is 1. The van der Waals surface area contributed by atoms with E-state index in [-0.39, 0.29) is 0 Å². The Labute approximate surface area is 96.5 Å². The lowest BCUT2D eigenvalue weighted by atomic mass is 10.4. The van der Waals surface area contributed by atoms with Crippen molar-refractivity contribution in [3.63, 3.8) is 0 Å². The van der Waals surface area contributed by atoms with Gasteiger partial charge in [-0.3, -0.25) is 0 Å². The Bertz CT molecular complexity index is 273. The van der Waals surface area contributed by atoms with Crippen LogP contribution in [0.2, 0.25) is 0 Å². The Morgan fingerprint density at radius 1 is 1.40 bits per heavy atom. The molecule has 0 aliphatic heterocycles. The quantitative estimate of drug-likeness (QED) is 0.776. The molecular formula is C11H21N3S. The highest BCUT2D eigenvalue weighted by Gasteiger charge is 2.01. The zero-order valence-electron chi connectivity index (χ0n) is 9.92. The average molecular weight is 227 g/mol. The number of nitrogens with one attached hydrogen (secondary N) is 1. The van der Waals surface area contributed by atoms with Crippen LogP contribution in [0.5, 0.6) is 0 Å². The van der Waals surface area contributed by atoms with Gasteiger partial charge in [0.15, 0.2) is 5.13 Å². The number of aryl methyl sites for hydroxylation is 1. The van der Waals surface area contributed by atoms with Crippen LogP contribution in [-0.2, 0) is 0 Å². The third kappa shape index (κ3) is 4.62. The Kier molecular flexibility index (Phi) is 5.65. The molecular weight excluding hydrogens is 206 g/mol. The molecule has 0 bridgehead atoms. The molecule has 0 amide bonds. The molecule has 1 aromatic heterocycles. The molecule has 86 valence electrons. The highest BCUT2D eigenvalue weighted by atomic mass is 32.1. The first-order chi connectivity index (χ1) is 7.26. The molecule has 0 fully saturated rings. The van der Waals surface area contributed by atoms with Gasteiger partial charge in [0, 0.05) is 18.5 Å². The van der Waals surface area contributed by atoms with Gasteiger partial charge in [0.2, 0.25) is 0 Å². The molecule has 0 saturated heterocycles. The number of aromatic nitrogens is 1. The van der Waals surface area contributed by atoms with E-state index in [2.05, 4.69) is 34.4 Å². The maximum absolute atomic E-state index is 4.37. The molecule has 0 saturated carbocycles. The SMILES string of the molecule is CCCN(CC)CCNc1nc(C)cs1. The Morgan fingerprint density at radius 2 is 2.20 bits per heavy atom. The van der Waals surface area contributed by atoms with Gasteiger partial charge < -0.3 is 10.2 Å². The average Bonchev–Trinajstić information content (AvgIpc) is 2.63. The lowest BCUT2D eigenvalue weighted by molar-refractivity contribution is 0.300. The molecule has 1 N–H and O–H groups in total. The first kappa shape index (κ1) is 12.5. The Hall–Kier alpha value is -0.610. The van der Waals surface area contributed by atoms with Crippen molar-refractivity contribution in [2.75, 3.05) is 31.5 Å². The second-order valence-electron chi connectivity index (χ2n) is 3.66. The van der Waals surface area contributed by atoms with Gasteiger partial charge in [-0.15, -0.1) is 11.3 Å². The second kappa shape index (κ2) is 6.80. The monoisotopic (exact) mass is 227 g/mol. The van der Waals surface area contributed by atoms with E-state index >= 15 is 0 Å². The van der Waals surface area contributed by atoms with Crippen molar-refractivity contribution in [2.45, 2.75) is 27.2 Å². The molecule has 0 aromatic carbocycles. The molecule has 15 heavy (non-hydrogen) atoms. The minimum absolute atomic E-state index is 0.987. The fourth-order valence-electron chi connectivity index (χ4n) is 1.50. The standard InChI is InChI=1S/C11H21N3S/c1-4-7-14(5-2)8-6-12-11-13-10(3)9-15-11/h9H,4-8H2,1-3H3,(H,12,13). The van der Waals surface area contributed by atoms with Gasteiger partial charge in [-0.05, 0) is 26.4 Å². The van der Waals surface area contributed by atoms with Crippen molar-refractivity contribution in [1.82, 2.24) is 9.88 Å². The van der Waals surface area contributed by atoms with Gasteiger partial charge in [-0.1, -0.05) is 13.8 Å². The lowest BCUT2D eigenvalue weighted by Crippen LogP contribution is -2.29. The number of thiazole rings is 1. The van der Waals surface area contributed by atoms with Gasteiger partial charge in [0.25, 0.3) is 0 Å². The Balaban J connectivity index is 2.20. The summed E-state index contributed by atoms with van der Waals surface area (Å²) in [4.78, 5) is 6.82. The summed E-state index contributed by atoms with van der Waals surface area (Å²) in [6.07, 6.45) is 1.23. The molecule has 3 nitrogen and oxygen atoms in total. The van der Waals surface area contributed by atoms with Crippen LogP contribution >= 0.6 is 11.3 Å². The highest BCUT2D eigenvalue weighted by molar-refractivity contribution is 7.13. The molecule has 0 unspecified atom stereocenters. The van der Waals surface area contributed by atoms with Crippen molar-refractivity contribution in [3.8, 4) is 0 Å².